The summed E-state index contributed by atoms with van der Waals surface area (Å²) in [5.41, 5.74) is 9.26. The zero-order valence-corrected chi connectivity index (χ0v) is 12.7. The van der Waals surface area contributed by atoms with Gasteiger partial charge in [0.2, 0.25) is 0 Å². The Bertz CT molecular complexity index is 724. The van der Waals surface area contributed by atoms with E-state index in [0.29, 0.717) is 12.5 Å². The molecule has 0 saturated heterocycles. The number of aromatic nitrogens is 2. The maximum Gasteiger partial charge on any atom is 0.0954 e. The molecule has 2 heterocycles. The molecule has 4 heteroatoms. The van der Waals surface area contributed by atoms with Gasteiger partial charge in [0.1, 0.15) is 0 Å². The molecule has 0 aliphatic heterocycles. The lowest BCUT2D eigenvalue weighted by Gasteiger charge is -2.05. The monoisotopic (exact) mass is 285 g/mol. The molecule has 2 aromatic heterocycles. The Morgan fingerprint density at radius 3 is 2.85 bits per heavy atom. The van der Waals surface area contributed by atoms with Crippen LogP contribution in [0.3, 0.4) is 0 Å². The Morgan fingerprint density at radius 1 is 1.30 bits per heavy atom. The summed E-state index contributed by atoms with van der Waals surface area (Å²) in [5, 5.41) is 4.62. The van der Waals surface area contributed by atoms with Crippen molar-refractivity contribution in [3.05, 3.63) is 52.1 Å². The summed E-state index contributed by atoms with van der Waals surface area (Å²) < 4.78 is 2.24. The first kappa shape index (κ1) is 13.3. The maximum atomic E-state index is 5.73. The van der Waals surface area contributed by atoms with E-state index in [9.17, 15) is 0 Å². The van der Waals surface area contributed by atoms with Crippen molar-refractivity contribution in [3.63, 3.8) is 0 Å². The van der Waals surface area contributed by atoms with Gasteiger partial charge < -0.3 is 10.3 Å². The highest BCUT2D eigenvalue weighted by Crippen LogP contribution is 2.22. The van der Waals surface area contributed by atoms with Crippen molar-refractivity contribution in [2.24, 2.45) is 5.73 Å². The van der Waals surface area contributed by atoms with Gasteiger partial charge in [0.05, 0.1) is 17.2 Å². The van der Waals surface area contributed by atoms with E-state index in [1.807, 2.05) is 0 Å². The van der Waals surface area contributed by atoms with Crippen LogP contribution in [0.25, 0.3) is 10.9 Å². The van der Waals surface area contributed by atoms with Crippen LogP contribution in [0.4, 0.5) is 0 Å². The molecular weight excluding hydrogens is 266 g/mol. The zero-order valence-electron chi connectivity index (χ0n) is 11.8. The van der Waals surface area contributed by atoms with Gasteiger partial charge in [-0.15, -0.1) is 11.3 Å². The van der Waals surface area contributed by atoms with Crippen LogP contribution in [0.1, 0.15) is 36.0 Å². The van der Waals surface area contributed by atoms with Crippen LogP contribution in [-0.4, -0.2) is 9.55 Å². The second-order valence-electron chi connectivity index (χ2n) is 5.37. The lowest BCUT2D eigenvalue weighted by atomic mass is 10.1. The predicted octanol–water partition coefficient (Wildman–Crippen LogP) is 3.73. The van der Waals surface area contributed by atoms with E-state index in [-0.39, 0.29) is 0 Å². The van der Waals surface area contributed by atoms with E-state index < -0.39 is 0 Å². The summed E-state index contributed by atoms with van der Waals surface area (Å²) >= 11 is 1.75. The Hall–Kier alpha value is -1.65. The van der Waals surface area contributed by atoms with E-state index >= 15 is 0 Å². The van der Waals surface area contributed by atoms with Crippen LogP contribution in [0.5, 0.6) is 0 Å². The molecule has 104 valence electrons. The van der Waals surface area contributed by atoms with E-state index in [1.165, 1.54) is 21.5 Å². The summed E-state index contributed by atoms with van der Waals surface area (Å²) in [7, 11) is 0. The van der Waals surface area contributed by atoms with Crippen LogP contribution in [0.2, 0.25) is 0 Å². The highest BCUT2D eigenvalue weighted by Gasteiger charge is 2.08. The van der Waals surface area contributed by atoms with Crippen LogP contribution < -0.4 is 5.73 Å². The molecule has 0 bridgehead atoms. The normalized spacial score (nSPS) is 11.6. The van der Waals surface area contributed by atoms with E-state index in [4.69, 9.17) is 10.7 Å². The topological polar surface area (TPSA) is 43.8 Å². The van der Waals surface area contributed by atoms with Crippen LogP contribution >= 0.6 is 11.3 Å². The van der Waals surface area contributed by atoms with Crippen molar-refractivity contribution < 1.29 is 0 Å². The number of fused-ring (bicyclic) bond motifs is 1. The number of benzene rings is 1. The van der Waals surface area contributed by atoms with Gasteiger partial charge in [-0.05, 0) is 23.1 Å². The summed E-state index contributed by atoms with van der Waals surface area (Å²) in [6, 6.07) is 8.54. The first-order chi connectivity index (χ1) is 9.67. The molecule has 1 aromatic carbocycles. The quantitative estimate of drug-likeness (QED) is 0.794. The Kier molecular flexibility index (Phi) is 3.59. The van der Waals surface area contributed by atoms with Crippen molar-refractivity contribution in [2.75, 3.05) is 0 Å². The average Bonchev–Trinajstić information content (AvgIpc) is 3.06. The first-order valence-corrected chi connectivity index (χ1v) is 7.77. The minimum Gasteiger partial charge on any atom is -0.341 e. The largest absolute Gasteiger partial charge is 0.341 e. The molecule has 20 heavy (non-hydrogen) atoms. The molecule has 3 nitrogen and oxygen atoms in total. The molecule has 0 amide bonds. The van der Waals surface area contributed by atoms with Crippen LogP contribution in [-0.2, 0) is 13.1 Å². The first-order valence-electron chi connectivity index (χ1n) is 6.89. The fraction of sp³-hybridized carbons (Fsp3) is 0.312. The summed E-state index contributed by atoms with van der Waals surface area (Å²) in [4.78, 5) is 4.71. The molecule has 0 saturated carbocycles. The lowest BCUT2D eigenvalue weighted by molar-refractivity contribution is 0.787. The van der Waals surface area contributed by atoms with Gasteiger partial charge in [-0.2, -0.15) is 0 Å². The summed E-state index contributed by atoms with van der Waals surface area (Å²) in [6.45, 7) is 5.76. The molecule has 0 spiro atoms. The Morgan fingerprint density at radius 2 is 2.15 bits per heavy atom. The number of rotatable bonds is 4. The predicted molar refractivity (Wildman–Crippen MR) is 85.1 cm³/mol. The number of nitrogens with zero attached hydrogens (tertiary/aromatic N) is 2. The van der Waals surface area contributed by atoms with Crippen LogP contribution in [0.15, 0.2) is 35.8 Å². The molecule has 0 atom stereocenters. The molecule has 3 aromatic rings. The van der Waals surface area contributed by atoms with Gasteiger partial charge in [-0.25, -0.2) is 4.98 Å². The van der Waals surface area contributed by atoms with Gasteiger partial charge in [-0.3, -0.25) is 0 Å². The third-order valence-corrected chi connectivity index (χ3v) is 4.66. The van der Waals surface area contributed by atoms with Crippen molar-refractivity contribution in [2.45, 2.75) is 32.9 Å². The third-order valence-electron chi connectivity index (χ3n) is 3.47. The fourth-order valence-electron chi connectivity index (χ4n) is 2.33. The highest BCUT2D eigenvalue weighted by atomic mass is 32.1. The molecule has 0 radical (unpaired) electrons. The molecular formula is C16H19N3S. The fourth-order valence-corrected chi connectivity index (χ4v) is 3.16. The van der Waals surface area contributed by atoms with Crippen molar-refractivity contribution in [1.29, 1.82) is 0 Å². The smallest absolute Gasteiger partial charge is 0.0954 e. The molecule has 2 N–H and O–H groups in total. The van der Waals surface area contributed by atoms with E-state index in [1.54, 1.807) is 11.3 Å². The van der Waals surface area contributed by atoms with Gasteiger partial charge in [0.15, 0.2) is 0 Å². The zero-order chi connectivity index (χ0) is 14.1. The molecule has 0 unspecified atom stereocenters. The van der Waals surface area contributed by atoms with Gasteiger partial charge in [0, 0.05) is 29.6 Å². The lowest BCUT2D eigenvalue weighted by Crippen LogP contribution is -2.00. The SMILES string of the molecule is CC(C)c1nc(Cn2ccc3ccc(CN)cc32)cs1. The number of hydrogen-bond acceptors (Lipinski definition) is 3. The minimum atomic E-state index is 0.499. The van der Waals surface area contributed by atoms with Crippen molar-refractivity contribution in [3.8, 4) is 0 Å². The van der Waals surface area contributed by atoms with Crippen molar-refractivity contribution >= 4 is 22.2 Å². The van der Waals surface area contributed by atoms with Crippen LogP contribution in [0, 0.1) is 0 Å². The molecule has 0 fully saturated rings. The summed E-state index contributed by atoms with van der Waals surface area (Å²) in [5.74, 6) is 0.499. The number of hydrogen-bond donors (Lipinski definition) is 1. The second-order valence-corrected chi connectivity index (χ2v) is 6.26. The van der Waals surface area contributed by atoms with Crippen molar-refractivity contribution in [1.82, 2.24) is 9.55 Å². The average molecular weight is 285 g/mol. The Balaban J connectivity index is 1.93. The van der Waals surface area contributed by atoms with E-state index in [0.717, 1.165) is 12.2 Å². The van der Waals surface area contributed by atoms with E-state index in [2.05, 4.69) is 54.3 Å². The van der Waals surface area contributed by atoms with Gasteiger partial charge in [-0.1, -0.05) is 26.0 Å². The van der Waals surface area contributed by atoms with Gasteiger partial charge >= 0.3 is 0 Å². The maximum absolute atomic E-state index is 5.73. The molecule has 0 aliphatic carbocycles. The number of nitrogens with two attached hydrogens (primary N) is 1. The third kappa shape index (κ3) is 2.49. The number of thiazole rings is 1. The Labute approximate surface area is 123 Å². The molecule has 0 aliphatic rings. The standard InChI is InChI=1S/C16H19N3S/c1-11(2)16-18-14(10-20-16)9-19-6-5-13-4-3-12(8-17)7-15(13)19/h3-7,10-11H,8-9,17H2,1-2H3. The molecule has 3 rings (SSSR count). The second kappa shape index (κ2) is 5.38. The van der Waals surface area contributed by atoms with Gasteiger partial charge in [0.25, 0.3) is 0 Å². The minimum absolute atomic E-state index is 0.499. The highest BCUT2D eigenvalue weighted by molar-refractivity contribution is 7.09. The summed E-state index contributed by atoms with van der Waals surface area (Å²) in [6.07, 6.45) is 2.12.